The van der Waals surface area contributed by atoms with E-state index in [-0.39, 0.29) is 12.1 Å². The summed E-state index contributed by atoms with van der Waals surface area (Å²) in [5.41, 5.74) is 1.13. The molecule has 4 aromatic carbocycles. The highest BCUT2D eigenvalue weighted by molar-refractivity contribution is 7.68. The Morgan fingerprint density at radius 2 is 1.12 bits per heavy atom. The Morgan fingerprint density at radius 3 is 1.62 bits per heavy atom. The summed E-state index contributed by atoms with van der Waals surface area (Å²) in [6.07, 6.45) is -0.184. The van der Waals surface area contributed by atoms with E-state index >= 15 is 0 Å². The molecule has 0 spiro atoms. The van der Waals surface area contributed by atoms with Gasteiger partial charge in [0.2, 0.25) is 0 Å². The van der Waals surface area contributed by atoms with Crippen molar-refractivity contribution in [2.45, 2.75) is 19.1 Å². The molecule has 34 heavy (non-hydrogen) atoms. The van der Waals surface area contributed by atoms with Gasteiger partial charge in [0.15, 0.2) is 11.5 Å². The first-order valence-electron chi connectivity index (χ1n) is 11.3. The van der Waals surface area contributed by atoms with Crippen LogP contribution in [-0.4, -0.2) is 17.8 Å². The molecule has 0 aliphatic carbocycles. The van der Waals surface area contributed by atoms with Crippen LogP contribution in [0.15, 0.2) is 115 Å². The van der Waals surface area contributed by atoms with Crippen molar-refractivity contribution < 1.29 is 13.6 Å². The summed E-state index contributed by atoms with van der Waals surface area (Å²) < 4.78 is 21.6. The maximum atomic E-state index is 7.05. The van der Waals surface area contributed by atoms with E-state index in [4.69, 9.17) is 13.6 Å². The average Bonchev–Trinajstić information content (AvgIpc) is 3.34. The van der Waals surface area contributed by atoms with Crippen molar-refractivity contribution in [3.8, 4) is 11.5 Å². The van der Waals surface area contributed by atoms with Crippen LogP contribution < -0.4 is 19.7 Å². The van der Waals surface area contributed by atoms with Crippen LogP contribution in [0.1, 0.15) is 18.6 Å². The monoisotopic (exact) mass is 487 g/mol. The van der Waals surface area contributed by atoms with E-state index in [1.54, 1.807) is 0 Å². The molecule has 0 amide bonds. The summed E-state index contributed by atoms with van der Waals surface area (Å²) in [6.45, 7) is 2.18. The van der Waals surface area contributed by atoms with Gasteiger partial charge in [0, 0.05) is 16.7 Å². The molecule has 0 aromatic heterocycles. The van der Waals surface area contributed by atoms with Gasteiger partial charge in [-0.05, 0) is 31.7 Å². The van der Waals surface area contributed by atoms with Crippen molar-refractivity contribution >= 4 is 27.3 Å². The Labute approximate surface area is 203 Å². The molecule has 0 radical (unpaired) electrons. The number of hydrogen-bond acceptors (Lipinski definition) is 4. The van der Waals surface area contributed by atoms with E-state index in [2.05, 4.69) is 91.4 Å². The third kappa shape index (κ3) is 5.02. The molecule has 4 aromatic rings. The molecule has 1 heterocycles. The van der Waals surface area contributed by atoms with Crippen LogP contribution in [0.25, 0.3) is 0 Å². The molecule has 0 saturated carbocycles. The molecule has 172 valence electrons. The van der Waals surface area contributed by atoms with Crippen molar-refractivity contribution in [1.29, 1.82) is 0 Å². The van der Waals surface area contributed by atoms with Crippen LogP contribution in [0, 0.1) is 0 Å². The normalized spacial score (nSPS) is 14.9. The molecule has 1 aliphatic heterocycles. The molecule has 0 unspecified atom stereocenters. The number of rotatable bonds is 8. The fourth-order valence-electron chi connectivity index (χ4n) is 3.84. The number of hydrogen-bond donors (Lipinski definition) is 0. The number of benzene rings is 4. The molecule has 0 saturated heterocycles. The quantitative estimate of drug-likeness (QED) is 0.256. The van der Waals surface area contributed by atoms with Crippen LogP contribution in [0.4, 0.5) is 0 Å². The van der Waals surface area contributed by atoms with Crippen LogP contribution in [0.2, 0.25) is 0 Å². The Hall–Kier alpha value is -2.74. The van der Waals surface area contributed by atoms with Gasteiger partial charge in [-0.15, -0.1) is 0 Å². The lowest BCUT2D eigenvalue weighted by atomic mass is 10.0. The summed E-state index contributed by atoms with van der Waals surface area (Å²) in [6, 6.07) is 39.3. The minimum atomic E-state index is -1.27. The lowest BCUT2D eigenvalue weighted by Gasteiger charge is -2.35. The number of para-hydroxylation sites is 2. The van der Waals surface area contributed by atoms with E-state index in [1.165, 1.54) is 10.6 Å². The van der Waals surface area contributed by atoms with Gasteiger partial charge in [0.25, 0.3) is 0 Å². The summed E-state index contributed by atoms with van der Waals surface area (Å²) in [5.74, 6) is 1.58. The van der Waals surface area contributed by atoms with E-state index in [0.717, 1.165) is 17.1 Å². The van der Waals surface area contributed by atoms with Crippen LogP contribution >= 0.6 is 16.7 Å². The highest BCUT2D eigenvalue weighted by Crippen LogP contribution is 2.55. The fourth-order valence-corrected chi connectivity index (χ4v) is 7.15. The SMILES string of the molecule is C[C@H]([C@@H](OP(c1ccccc1)c1ccccc1)c1ccccc1)N(C)P1Oc2ccccc2O1. The molecular formula is C28H27NO3P2. The van der Waals surface area contributed by atoms with E-state index in [1.807, 2.05) is 42.5 Å². The first-order valence-corrected chi connectivity index (χ1v) is 13.7. The average molecular weight is 487 g/mol. The van der Waals surface area contributed by atoms with Crippen molar-refractivity contribution in [2.75, 3.05) is 7.05 Å². The fraction of sp³-hybridized carbons (Fsp3) is 0.143. The summed E-state index contributed by atoms with van der Waals surface area (Å²) in [4.78, 5) is 0. The number of likely N-dealkylation sites (N-methyl/N-ethyl adjacent to an activating group) is 1. The maximum absolute atomic E-state index is 7.05. The molecule has 5 rings (SSSR count). The Kier molecular flexibility index (Phi) is 7.23. The van der Waals surface area contributed by atoms with Gasteiger partial charge in [-0.2, -0.15) is 0 Å². The minimum Gasteiger partial charge on any atom is -0.423 e. The molecule has 2 atom stereocenters. The zero-order chi connectivity index (χ0) is 23.3. The first kappa shape index (κ1) is 23.0. The topological polar surface area (TPSA) is 30.9 Å². The van der Waals surface area contributed by atoms with E-state index < -0.39 is 16.7 Å². The van der Waals surface area contributed by atoms with Gasteiger partial charge in [0.1, 0.15) is 6.10 Å². The van der Waals surface area contributed by atoms with Crippen molar-refractivity contribution in [1.82, 2.24) is 4.67 Å². The second kappa shape index (κ2) is 10.7. The standard InChI is InChI=1S/C28H27NO3P2/c1-22(29(2)34-30-26-20-12-13-21-27(26)31-34)28(23-14-6-3-7-15-23)32-33(24-16-8-4-9-17-24)25-18-10-5-11-19-25/h3-22,28H,1-2H3/t22-,28-/m1/s1. The van der Waals surface area contributed by atoms with Gasteiger partial charge < -0.3 is 13.6 Å². The van der Waals surface area contributed by atoms with Gasteiger partial charge >= 0.3 is 8.53 Å². The van der Waals surface area contributed by atoms with Gasteiger partial charge in [0.05, 0.1) is 8.15 Å². The molecular weight excluding hydrogens is 460 g/mol. The second-order valence-corrected chi connectivity index (χ2v) is 11.4. The van der Waals surface area contributed by atoms with Crippen molar-refractivity contribution in [3.05, 3.63) is 121 Å². The molecule has 0 N–H and O–H groups in total. The smallest absolute Gasteiger partial charge is 0.384 e. The third-order valence-corrected chi connectivity index (χ3v) is 9.37. The third-order valence-electron chi connectivity index (χ3n) is 5.82. The molecule has 6 heteroatoms. The molecule has 4 nitrogen and oxygen atoms in total. The largest absolute Gasteiger partial charge is 0.423 e. The maximum Gasteiger partial charge on any atom is 0.384 e. The number of fused-ring (bicyclic) bond motifs is 1. The van der Waals surface area contributed by atoms with Gasteiger partial charge in [-0.1, -0.05) is 103 Å². The number of nitrogens with zero attached hydrogens (tertiary/aromatic N) is 1. The molecule has 1 aliphatic rings. The lowest BCUT2D eigenvalue weighted by molar-refractivity contribution is 0.146. The van der Waals surface area contributed by atoms with Crippen LogP contribution in [-0.2, 0) is 4.52 Å². The minimum absolute atomic E-state index is 0.000229. The Bertz CT molecular complexity index is 1130. The zero-order valence-corrected chi connectivity index (χ0v) is 21.0. The highest BCUT2D eigenvalue weighted by Gasteiger charge is 2.37. The molecule has 0 fully saturated rings. The summed E-state index contributed by atoms with van der Waals surface area (Å²) in [7, 11) is -0.249. The van der Waals surface area contributed by atoms with E-state index in [0.29, 0.717) is 0 Å². The van der Waals surface area contributed by atoms with Gasteiger partial charge in [-0.3, -0.25) is 0 Å². The predicted octanol–water partition coefficient (Wildman–Crippen LogP) is 6.81. The Balaban J connectivity index is 1.46. The van der Waals surface area contributed by atoms with Gasteiger partial charge in [-0.25, -0.2) is 4.67 Å². The van der Waals surface area contributed by atoms with Crippen molar-refractivity contribution in [3.63, 3.8) is 0 Å². The summed E-state index contributed by atoms with van der Waals surface area (Å²) >= 11 is 0. The highest BCUT2D eigenvalue weighted by atomic mass is 31.2. The Morgan fingerprint density at radius 1 is 0.676 bits per heavy atom. The first-order chi connectivity index (χ1) is 16.7. The zero-order valence-electron chi connectivity index (χ0n) is 19.2. The summed E-state index contributed by atoms with van der Waals surface area (Å²) in [5, 5.41) is 2.37. The van der Waals surface area contributed by atoms with Crippen LogP contribution in [0.5, 0.6) is 11.5 Å². The van der Waals surface area contributed by atoms with E-state index in [9.17, 15) is 0 Å². The lowest BCUT2D eigenvalue weighted by Crippen LogP contribution is -2.34. The molecule has 0 bridgehead atoms. The van der Waals surface area contributed by atoms with Crippen LogP contribution in [0.3, 0.4) is 0 Å². The van der Waals surface area contributed by atoms with Crippen molar-refractivity contribution in [2.24, 2.45) is 0 Å². The predicted molar refractivity (Wildman–Crippen MR) is 141 cm³/mol. The second-order valence-electron chi connectivity index (χ2n) is 8.08.